The maximum absolute atomic E-state index is 13.2. The summed E-state index contributed by atoms with van der Waals surface area (Å²) in [6, 6.07) is 20.7. The third-order valence-corrected chi connectivity index (χ3v) is 7.51. The Bertz CT molecular complexity index is 1410. The number of ketones is 3. The van der Waals surface area contributed by atoms with E-state index in [1.54, 1.807) is 44.3 Å². The second-order valence-electron chi connectivity index (χ2n) is 11.0. The van der Waals surface area contributed by atoms with Crippen molar-refractivity contribution in [2.45, 2.75) is 65.7 Å². The second-order valence-corrected chi connectivity index (χ2v) is 11.0. The summed E-state index contributed by atoms with van der Waals surface area (Å²) in [4.78, 5) is 43.0. The van der Waals surface area contributed by atoms with Gasteiger partial charge in [-0.3, -0.25) is 19.4 Å². The van der Waals surface area contributed by atoms with Gasteiger partial charge in [0.05, 0.1) is 5.41 Å². The van der Waals surface area contributed by atoms with E-state index >= 15 is 0 Å². The molecule has 0 spiro atoms. The summed E-state index contributed by atoms with van der Waals surface area (Å²) in [5.74, 6) is 5.10. The SMILES string of the molecule is CCCC(=O)[C@](C)(CC(C)C(=O)c1ccc(C#Cc2ccc(CC(=N)CCc3ccccn3)cc2)cc1)C(=O)CCO. The number of pyridine rings is 1. The number of hydrogen-bond acceptors (Lipinski definition) is 6. The van der Waals surface area contributed by atoms with Gasteiger partial charge < -0.3 is 10.5 Å². The third kappa shape index (κ3) is 9.15. The Labute approximate surface area is 249 Å². The van der Waals surface area contributed by atoms with Crippen LogP contribution in [0.25, 0.3) is 0 Å². The van der Waals surface area contributed by atoms with Crippen molar-refractivity contribution in [1.82, 2.24) is 4.98 Å². The number of nitrogens with one attached hydrogen (secondary N) is 1. The minimum atomic E-state index is -1.28. The molecule has 0 radical (unpaired) electrons. The smallest absolute Gasteiger partial charge is 0.165 e. The molecule has 2 aromatic carbocycles. The number of Topliss-reactive ketones (excluding diaryl/α,β-unsaturated/α-hetero) is 3. The molecule has 0 amide bonds. The van der Waals surface area contributed by atoms with Crippen molar-refractivity contribution in [2.24, 2.45) is 11.3 Å². The molecule has 2 atom stereocenters. The summed E-state index contributed by atoms with van der Waals surface area (Å²) in [6.07, 6.45) is 4.70. The number of aryl methyl sites for hydroxylation is 1. The Kier molecular flexibility index (Phi) is 12.1. The molecular weight excluding hydrogens is 524 g/mol. The van der Waals surface area contributed by atoms with Gasteiger partial charge in [-0.1, -0.05) is 56.0 Å². The lowest BCUT2D eigenvalue weighted by atomic mass is 9.71. The predicted octanol–water partition coefficient (Wildman–Crippen LogP) is 6.21. The van der Waals surface area contributed by atoms with E-state index in [2.05, 4.69) is 16.8 Å². The van der Waals surface area contributed by atoms with Crippen molar-refractivity contribution in [3.63, 3.8) is 0 Å². The maximum atomic E-state index is 13.2. The van der Waals surface area contributed by atoms with E-state index in [9.17, 15) is 19.5 Å². The first-order valence-electron chi connectivity index (χ1n) is 14.5. The van der Waals surface area contributed by atoms with Gasteiger partial charge in [-0.15, -0.1) is 0 Å². The molecule has 3 aromatic rings. The van der Waals surface area contributed by atoms with Gasteiger partial charge in [0.2, 0.25) is 0 Å². The zero-order chi connectivity index (χ0) is 30.5. The Morgan fingerprint density at radius 1 is 0.905 bits per heavy atom. The van der Waals surface area contributed by atoms with Gasteiger partial charge in [-0.25, -0.2) is 0 Å². The van der Waals surface area contributed by atoms with Crippen molar-refractivity contribution >= 4 is 23.1 Å². The van der Waals surface area contributed by atoms with Crippen molar-refractivity contribution in [3.8, 4) is 11.8 Å². The summed E-state index contributed by atoms with van der Waals surface area (Å²) in [7, 11) is 0. The van der Waals surface area contributed by atoms with Gasteiger partial charge >= 0.3 is 0 Å². The zero-order valence-electron chi connectivity index (χ0n) is 24.8. The Hall–Kier alpha value is -4.21. The van der Waals surface area contributed by atoms with Crippen LogP contribution in [0.1, 0.15) is 85.6 Å². The summed E-state index contributed by atoms with van der Waals surface area (Å²) in [5.41, 5.74) is 3.56. The quantitative estimate of drug-likeness (QED) is 0.0987. The van der Waals surface area contributed by atoms with E-state index in [-0.39, 0.29) is 43.2 Å². The van der Waals surface area contributed by atoms with Crippen molar-refractivity contribution in [3.05, 3.63) is 101 Å². The molecule has 1 aromatic heterocycles. The number of benzene rings is 2. The molecule has 1 unspecified atom stereocenters. The molecule has 0 aliphatic carbocycles. The number of aliphatic hydroxyl groups excluding tert-OH is 1. The molecule has 42 heavy (non-hydrogen) atoms. The molecule has 0 saturated heterocycles. The predicted molar refractivity (Wildman–Crippen MR) is 166 cm³/mol. The number of aromatic nitrogens is 1. The first-order valence-corrected chi connectivity index (χ1v) is 14.5. The second kappa shape index (κ2) is 15.7. The standard InChI is InChI=1S/C36H40N2O4/c1-4-7-33(40)36(3,34(41)21-23-39)25-26(2)35(42)30-17-15-28(16-18-30)10-9-27-11-13-29(14-12-27)24-31(37)19-20-32-8-5-6-22-38-32/h5-6,8,11-18,22,26,37,39H,4,7,19-21,23-25H2,1-3H3/t26?,36-/m0/s1. The maximum Gasteiger partial charge on any atom is 0.165 e. The van der Waals surface area contributed by atoms with Crippen molar-refractivity contribution in [1.29, 1.82) is 5.41 Å². The normalized spacial score (nSPS) is 12.9. The lowest BCUT2D eigenvalue weighted by Crippen LogP contribution is -2.39. The van der Waals surface area contributed by atoms with Crippen LogP contribution in [0.15, 0.2) is 72.9 Å². The van der Waals surface area contributed by atoms with Crippen LogP contribution in [0.2, 0.25) is 0 Å². The fourth-order valence-electron chi connectivity index (χ4n) is 4.98. The van der Waals surface area contributed by atoms with E-state index in [4.69, 9.17) is 5.41 Å². The minimum absolute atomic E-state index is 0.0979. The van der Waals surface area contributed by atoms with Gasteiger partial charge in [0.15, 0.2) is 5.78 Å². The molecule has 0 saturated carbocycles. The number of carbonyl (C=O) groups excluding carboxylic acids is 3. The van der Waals surface area contributed by atoms with Crippen molar-refractivity contribution < 1.29 is 19.5 Å². The molecule has 0 bridgehead atoms. The zero-order valence-corrected chi connectivity index (χ0v) is 24.8. The molecular formula is C36H40N2O4. The van der Waals surface area contributed by atoms with E-state index in [0.717, 1.165) is 28.8 Å². The van der Waals surface area contributed by atoms with Crippen LogP contribution in [0.4, 0.5) is 0 Å². The topological polar surface area (TPSA) is 108 Å². The molecule has 0 aliphatic heterocycles. The molecule has 2 N–H and O–H groups in total. The van der Waals surface area contributed by atoms with Gasteiger partial charge in [0.1, 0.15) is 11.6 Å². The first-order chi connectivity index (χ1) is 20.2. The molecule has 6 heteroatoms. The van der Waals surface area contributed by atoms with Crippen LogP contribution in [0.3, 0.4) is 0 Å². The average Bonchev–Trinajstić information content (AvgIpc) is 3.00. The van der Waals surface area contributed by atoms with Gasteiger partial charge in [0, 0.05) is 66.1 Å². The first kappa shape index (κ1) is 32.3. The molecule has 0 fully saturated rings. The van der Waals surface area contributed by atoms with Crippen LogP contribution < -0.4 is 0 Å². The number of carbonyl (C=O) groups is 3. The highest BCUT2D eigenvalue weighted by molar-refractivity contribution is 6.07. The number of aliphatic hydroxyl groups is 1. The summed E-state index contributed by atoms with van der Waals surface area (Å²) in [6.45, 7) is 4.90. The van der Waals surface area contributed by atoms with Crippen LogP contribution in [-0.4, -0.2) is 39.8 Å². The van der Waals surface area contributed by atoms with Gasteiger partial charge in [0.25, 0.3) is 0 Å². The molecule has 1 heterocycles. The number of rotatable bonds is 15. The Morgan fingerprint density at radius 2 is 1.52 bits per heavy atom. The number of nitrogens with zero attached hydrogens (tertiary/aromatic N) is 1. The van der Waals surface area contributed by atoms with E-state index < -0.39 is 11.3 Å². The van der Waals surface area contributed by atoms with Crippen molar-refractivity contribution in [2.75, 3.05) is 6.61 Å². The Balaban J connectivity index is 1.58. The van der Waals surface area contributed by atoms with E-state index in [0.29, 0.717) is 30.5 Å². The Morgan fingerprint density at radius 3 is 2.10 bits per heavy atom. The fourth-order valence-corrected chi connectivity index (χ4v) is 4.98. The monoisotopic (exact) mass is 564 g/mol. The van der Waals surface area contributed by atoms with Crippen LogP contribution in [0, 0.1) is 28.6 Å². The minimum Gasteiger partial charge on any atom is -0.396 e. The number of hydrogen-bond donors (Lipinski definition) is 2. The molecule has 3 rings (SSSR count). The highest BCUT2D eigenvalue weighted by atomic mass is 16.3. The van der Waals surface area contributed by atoms with Gasteiger partial charge in [-0.05, 0) is 74.6 Å². The van der Waals surface area contributed by atoms with Crippen LogP contribution >= 0.6 is 0 Å². The fraction of sp³-hybridized carbons (Fsp3) is 0.361. The molecule has 0 aliphatic rings. The average molecular weight is 565 g/mol. The molecule has 6 nitrogen and oxygen atoms in total. The highest BCUT2D eigenvalue weighted by Crippen LogP contribution is 2.33. The van der Waals surface area contributed by atoms with Crippen LogP contribution in [-0.2, 0) is 22.4 Å². The summed E-state index contributed by atoms with van der Waals surface area (Å²) < 4.78 is 0. The van der Waals surface area contributed by atoms with Crippen LogP contribution in [0.5, 0.6) is 0 Å². The summed E-state index contributed by atoms with van der Waals surface area (Å²) in [5, 5.41) is 17.5. The lowest BCUT2D eigenvalue weighted by molar-refractivity contribution is -0.141. The van der Waals surface area contributed by atoms with E-state index in [1.807, 2.05) is 49.4 Å². The van der Waals surface area contributed by atoms with E-state index in [1.165, 1.54) is 0 Å². The third-order valence-electron chi connectivity index (χ3n) is 7.51. The van der Waals surface area contributed by atoms with Gasteiger partial charge in [-0.2, -0.15) is 0 Å². The highest BCUT2D eigenvalue weighted by Gasteiger charge is 2.41. The lowest BCUT2D eigenvalue weighted by Gasteiger charge is -2.29. The summed E-state index contributed by atoms with van der Waals surface area (Å²) >= 11 is 0. The largest absolute Gasteiger partial charge is 0.396 e. The molecule has 218 valence electrons.